The third-order valence-electron chi connectivity index (χ3n) is 3.36. The van der Waals surface area contributed by atoms with E-state index in [9.17, 15) is 9.59 Å². The maximum absolute atomic E-state index is 12.8. The van der Waals surface area contributed by atoms with Gasteiger partial charge in [-0.3, -0.25) is 4.90 Å². The Kier molecular flexibility index (Phi) is 3.72. The van der Waals surface area contributed by atoms with Gasteiger partial charge in [-0.15, -0.1) is 0 Å². The van der Waals surface area contributed by atoms with Gasteiger partial charge in [0.25, 0.3) is 0 Å². The van der Waals surface area contributed by atoms with Crippen LogP contribution in [0.5, 0.6) is 0 Å². The molecule has 2 aromatic rings. The van der Waals surface area contributed by atoms with Crippen molar-refractivity contribution < 1.29 is 9.59 Å². The van der Waals surface area contributed by atoms with Crippen molar-refractivity contribution in [2.75, 3.05) is 21.8 Å². The summed E-state index contributed by atoms with van der Waals surface area (Å²) in [6.45, 7) is 0.284. The van der Waals surface area contributed by atoms with E-state index in [0.29, 0.717) is 15.8 Å². The van der Waals surface area contributed by atoms with Crippen LogP contribution in [0.2, 0.25) is 0 Å². The molecule has 22 heavy (non-hydrogen) atoms. The van der Waals surface area contributed by atoms with E-state index in [1.807, 2.05) is 24.3 Å². The minimum absolute atomic E-state index is 0.284. The van der Waals surface area contributed by atoms with Crippen molar-refractivity contribution in [3.63, 3.8) is 0 Å². The van der Waals surface area contributed by atoms with Crippen molar-refractivity contribution in [3.05, 3.63) is 53.0 Å². The highest BCUT2D eigenvalue weighted by atomic mass is 79.9. The van der Waals surface area contributed by atoms with Gasteiger partial charge in [-0.25, -0.2) is 14.5 Å². The summed E-state index contributed by atoms with van der Waals surface area (Å²) < 4.78 is 0.614. The number of nitrogens with one attached hydrogen (secondary N) is 1. The highest BCUT2D eigenvalue weighted by molar-refractivity contribution is 9.10. The summed E-state index contributed by atoms with van der Waals surface area (Å²) in [5.41, 5.74) is 7.39. The number of anilines is 3. The van der Waals surface area contributed by atoms with Crippen LogP contribution in [0, 0.1) is 0 Å². The number of primary amides is 1. The van der Waals surface area contributed by atoms with E-state index in [-0.39, 0.29) is 6.67 Å². The minimum atomic E-state index is -0.832. The molecule has 0 atom stereocenters. The fourth-order valence-electron chi connectivity index (χ4n) is 2.35. The molecule has 0 fully saturated rings. The first kappa shape index (κ1) is 14.4. The zero-order chi connectivity index (χ0) is 15.7. The first-order valence-electron chi connectivity index (χ1n) is 6.58. The lowest BCUT2D eigenvalue weighted by Crippen LogP contribution is -2.49. The van der Waals surface area contributed by atoms with Gasteiger partial charge in [0.05, 0.1) is 23.7 Å². The minimum Gasteiger partial charge on any atom is -0.366 e. The van der Waals surface area contributed by atoms with Crippen LogP contribution in [0.3, 0.4) is 0 Å². The van der Waals surface area contributed by atoms with Crippen molar-refractivity contribution in [2.24, 2.45) is 5.73 Å². The summed E-state index contributed by atoms with van der Waals surface area (Å²) in [5.74, 6) is 0. The lowest BCUT2D eigenvalue weighted by molar-refractivity contribution is 0.242. The van der Waals surface area contributed by atoms with Gasteiger partial charge < -0.3 is 11.1 Å². The number of rotatable bonds is 1. The average molecular weight is 361 g/mol. The molecule has 112 valence electrons. The summed E-state index contributed by atoms with van der Waals surface area (Å²) in [7, 11) is 0. The van der Waals surface area contributed by atoms with Gasteiger partial charge in [0, 0.05) is 4.47 Å². The van der Waals surface area contributed by atoms with E-state index in [2.05, 4.69) is 21.2 Å². The Bertz CT molecular complexity index is 750. The van der Waals surface area contributed by atoms with Crippen LogP contribution >= 0.6 is 15.9 Å². The van der Waals surface area contributed by atoms with Crippen LogP contribution in [0.4, 0.5) is 26.7 Å². The molecule has 0 aromatic heterocycles. The Hall–Kier alpha value is -2.54. The Balaban J connectivity index is 1.99. The Morgan fingerprint density at radius 3 is 2.55 bits per heavy atom. The molecule has 7 heteroatoms. The molecule has 6 nitrogen and oxygen atoms in total. The molecule has 0 spiro atoms. The summed E-state index contributed by atoms with van der Waals surface area (Å²) in [5, 5.41) is 3.11. The number of hydrogen-bond donors (Lipinski definition) is 2. The summed E-state index contributed by atoms with van der Waals surface area (Å²) in [6, 6.07) is 13.0. The fourth-order valence-corrected chi connectivity index (χ4v) is 2.81. The molecule has 4 amide bonds. The fraction of sp³-hybridized carbons (Fsp3) is 0.0667. The molecule has 3 N–H and O–H groups in total. The van der Waals surface area contributed by atoms with Crippen LogP contribution < -0.4 is 20.9 Å². The van der Waals surface area contributed by atoms with Gasteiger partial charge in [0.15, 0.2) is 0 Å². The number of benzene rings is 2. The number of amides is 4. The van der Waals surface area contributed by atoms with Crippen molar-refractivity contribution in [3.8, 4) is 0 Å². The number of para-hydroxylation sites is 3. The van der Waals surface area contributed by atoms with E-state index in [4.69, 9.17) is 5.73 Å². The van der Waals surface area contributed by atoms with E-state index >= 15 is 0 Å². The zero-order valence-electron chi connectivity index (χ0n) is 11.5. The van der Waals surface area contributed by atoms with E-state index < -0.39 is 12.1 Å². The van der Waals surface area contributed by atoms with Gasteiger partial charge in [-0.2, -0.15) is 0 Å². The molecule has 2 aromatic carbocycles. The van der Waals surface area contributed by atoms with Crippen LogP contribution in [0.25, 0.3) is 0 Å². The number of fused-ring (bicyclic) bond motifs is 1. The number of urea groups is 2. The van der Waals surface area contributed by atoms with Crippen LogP contribution in [-0.2, 0) is 0 Å². The molecule has 0 bridgehead atoms. The Labute approximate surface area is 135 Å². The lowest BCUT2D eigenvalue weighted by Gasteiger charge is -2.25. The van der Waals surface area contributed by atoms with E-state index in [0.717, 1.165) is 10.6 Å². The Morgan fingerprint density at radius 1 is 1.14 bits per heavy atom. The number of nitrogens with two attached hydrogens (primary N) is 1. The standard InChI is InChI=1S/C15H13BrN4O2/c16-10-5-1-3-7-12(10)20(14(17)21)15(22)19-9-18-11-6-2-4-8-13(11)19/h1-8,18H,9H2,(H2,17,21). The number of halogens is 1. The second-order valence-corrected chi connectivity index (χ2v) is 5.54. The molecular weight excluding hydrogens is 348 g/mol. The SMILES string of the molecule is NC(=O)N(C(=O)N1CNc2ccccc21)c1ccccc1Br. The maximum Gasteiger partial charge on any atom is 0.338 e. The monoisotopic (exact) mass is 360 g/mol. The molecule has 3 rings (SSSR count). The van der Waals surface area contributed by atoms with Gasteiger partial charge in [-0.05, 0) is 40.2 Å². The molecule has 1 aliphatic heterocycles. The highest BCUT2D eigenvalue weighted by Gasteiger charge is 2.32. The number of carbonyl (C=O) groups is 2. The topological polar surface area (TPSA) is 78.7 Å². The first-order valence-corrected chi connectivity index (χ1v) is 7.37. The third-order valence-corrected chi connectivity index (χ3v) is 4.03. The van der Waals surface area contributed by atoms with Crippen molar-refractivity contribution >= 4 is 45.1 Å². The second kappa shape index (κ2) is 5.69. The average Bonchev–Trinajstić information content (AvgIpc) is 2.93. The predicted molar refractivity (Wildman–Crippen MR) is 89.0 cm³/mol. The number of hydrogen-bond acceptors (Lipinski definition) is 3. The molecule has 1 heterocycles. The largest absolute Gasteiger partial charge is 0.366 e. The van der Waals surface area contributed by atoms with Gasteiger partial charge >= 0.3 is 12.1 Å². The molecule has 0 saturated carbocycles. The van der Waals surface area contributed by atoms with Crippen molar-refractivity contribution in [1.82, 2.24) is 0 Å². The zero-order valence-corrected chi connectivity index (χ0v) is 13.1. The molecule has 0 unspecified atom stereocenters. The first-order chi connectivity index (χ1) is 10.6. The second-order valence-electron chi connectivity index (χ2n) is 4.69. The smallest absolute Gasteiger partial charge is 0.338 e. The highest BCUT2D eigenvalue weighted by Crippen LogP contribution is 2.33. The quantitative estimate of drug-likeness (QED) is 0.818. The summed E-state index contributed by atoms with van der Waals surface area (Å²) in [6.07, 6.45) is 0. The maximum atomic E-state index is 12.8. The van der Waals surface area contributed by atoms with Gasteiger partial charge in [0.1, 0.15) is 0 Å². The molecule has 0 radical (unpaired) electrons. The lowest BCUT2D eigenvalue weighted by atomic mass is 10.2. The molecule has 1 aliphatic rings. The van der Waals surface area contributed by atoms with E-state index in [1.165, 1.54) is 4.90 Å². The number of nitrogens with zero attached hydrogens (tertiary/aromatic N) is 2. The van der Waals surface area contributed by atoms with Crippen LogP contribution in [0.15, 0.2) is 53.0 Å². The normalized spacial score (nSPS) is 12.5. The molecule has 0 aliphatic carbocycles. The van der Waals surface area contributed by atoms with Crippen molar-refractivity contribution in [2.45, 2.75) is 0 Å². The summed E-state index contributed by atoms with van der Waals surface area (Å²) >= 11 is 3.34. The van der Waals surface area contributed by atoms with Crippen molar-refractivity contribution in [1.29, 1.82) is 0 Å². The Morgan fingerprint density at radius 2 is 1.82 bits per heavy atom. The molecular formula is C15H13BrN4O2. The van der Waals surface area contributed by atoms with E-state index in [1.54, 1.807) is 24.3 Å². The third kappa shape index (κ3) is 2.39. The number of imide groups is 1. The summed E-state index contributed by atoms with van der Waals surface area (Å²) in [4.78, 5) is 27.0. The predicted octanol–water partition coefficient (Wildman–Crippen LogP) is 3.34. The van der Waals surface area contributed by atoms with Gasteiger partial charge in [0.2, 0.25) is 0 Å². The van der Waals surface area contributed by atoms with Crippen LogP contribution in [-0.4, -0.2) is 18.7 Å². The number of carbonyl (C=O) groups excluding carboxylic acids is 2. The van der Waals surface area contributed by atoms with Gasteiger partial charge in [-0.1, -0.05) is 24.3 Å². The molecule has 0 saturated heterocycles. The van der Waals surface area contributed by atoms with Crippen LogP contribution in [0.1, 0.15) is 0 Å².